The van der Waals surface area contributed by atoms with Crippen LogP contribution < -0.4 is 11.0 Å². The largest absolute Gasteiger partial charge is 0.612 e. The Bertz CT molecular complexity index is 1220. The first-order valence-corrected chi connectivity index (χ1v) is 8.55. The van der Waals surface area contributed by atoms with Gasteiger partial charge in [-0.15, -0.1) is 0 Å². The molecule has 0 fully saturated rings. The van der Waals surface area contributed by atoms with E-state index in [1.807, 2.05) is 36.4 Å². The molecule has 28 heavy (non-hydrogen) atoms. The summed E-state index contributed by atoms with van der Waals surface area (Å²) in [6.07, 6.45) is 7.73. The van der Waals surface area contributed by atoms with Crippen molar-refractivity contribution in [3.63, 3.8) is 0 Å². The summed E-state index contributed by atoms with van der Waals surface area (Å²) in [7, 11) is 0. The van der Waals surface area contributed by atoms with Gasteiger partial charge in [0.1, 0.15) is 0 Å². The van der Waals surface area contributed by atoms with Gasteiger partial charge in [0.05, 0.1) is 16.5 Å². The van der Waals surface area contributed by atoms with Crippen molar-refractivity contribution < 1.29 is 4.90 Å². The second kappa shape index (κ2) is 7.24. The monoisotopic (exact) mass is 371 g/mol. The molecule has 0 atom stereocenters. The molecule has 0 amide bonds. The van der Waals surface area contributed by atoms with E-state index in [1.54, 1.807) is 36.4 Å². The number of rotatable bonds is 3. The van der Waals surface area contributed by atoms with Crippen LogP contribution in [0.1, 0.15) is 0 Å². The van der Waals surface area contributed by atoms with Gasteiger partial charge in [0.15, 0.2) is 5.82 Å². The molecule has 0 spiro atoms. The first-order valence-electron chi connectivity index (χ1n) is 8.55. The molecule has 7 heteroatoms. The van der Waals surface area contributed by atoms with Crippen molar-refractivity contribution in [1.29, 1.82) is 0 Å². The van der Waals surface area contributed by atoms with Gasteiger partial charge in [-0.25, -0.2) is 9.66 Å². The van der Waals surface area contributed by atoms with Gasteiger partial charge in [0, 0.05) is 17.8 Å². The fourth-order valence-electron chi connectivity index (χ4n) is 2.94. The highest BCUT2D eigenvalue weighted by Gasteiger charge is 2.14. The van der Waals surface area contributed by atoms with Gasteiger partial charge in [-0.3, -0.25) is 10.2 Å². The van der Waals surface area contributed by atoms with Crippen LogP contribution in [-0.2, 0) is 0 Å². The van der Waals surface area contributed by atoms with Crippen LogP contribution >= 0.6 is 0 Å². The average molecular weight is 371 g/mol. The molecular formula is C21H15N4O3-. The first kappa shape index (κ1) is 17.3. The number of nitrogens with zero attached hydrogens (tertiary/aromatic N) is 3. The van der Waals surface area contributed by atoms with Gasteiger partial charge < -0.3 is 10.4 Å². The fourth-order valence-corrected chi connectivity index (χ4v) is 2.94. The Morgan fingerprint density at radius 2 is 1.68 bits per heavy atom. The van der Waals surface area contributed by atoms with Crippen molar-refractivity contribution in [3.8, 4) is 11.4 Å². The minimum Gasteiger partial charge on any atom is -0.612 e. The highest BCUT2D eigenvalue weighted by molar-refractivity contribution is 6.08. The average Bonchev–Trinajstić information content (AvgIpc) is 2.74. The Balaban J connectivity index is 1.88. The molecule has 0 unspecified atom stereocenters. The highest BCUT2D eigenvalue weighted by atomic mass is 16.8. The molecule has 138 valence electrons. The third kappa shape index (κ3) is 3.16. The second-order valence-electron chi connectivity index (χ2n) is 6.05. The smallest absolute Gasteiger partial charge is 0.280 e. The standard InChI is InChI=1S/C21H15N4O3/c26-21-17-11-5-6-12-18(17)23-20(15-8-2-1-3-9-15)24(21)22-14-16-10-4-7-13-19(16)25(27)28/h1-14,22H/q-1. The number of benzene rings is 2. The molecule has 1 heterocycles. The van der Waals surface area contributed by atoms with E-state index in [2.05, 4.69) is 10.4 Å². The molecule has 1 aliphatic carbocycles. The van der Waals surface area contributed by atoms with E-state index in [1.165, 1.54) is 17.0 Å². The number of hydrogen-bond acceptors (Lipinski definition) is 5. The number of allylic oxidation sites excluding steroid dienone is 5. The van der Waals surface area contributed by atoms with Crippen LogP contribution in [0.4, 0.5) is 0 Å². The maximum absolute atomic E-state index is 13.1. The van der Waals surface area contributed by atoms with Crippen molar-refractivity contribution in [2.75, 3.05) is 5.43 Å². The van der Waals surface area contributed by atoms with Gasteiger partial charge in [-0.2, -0.15) is 4.90 Å². The van der Waals surface area contributed by atoms with Crippen LogP contribution in [0, 0.1) is 10.4 Å². The molecular weight excluding hydrogens is 356 g/mol. The minimum atomic E-state index is -0.465. The molecule has 3 aromatic rings. The summed E-state index contributed by atoms with van der Waals surface area (Å²) in [4.78, 5) is 17.2. The van der Waals surface area contributed by atoms with Gasteiger partial charge in [0.25, 0.3) is 5.56 Å². The van der Waals surface area contributed by atoms with E-state index >= 15 is 0 Å². The fraction of sp³-hybridized carbons (Fsp3) is 0. The van der Waals surface area contributed by atoms with Gasteiger partial charge in [-0.05, 0) is 18.2 Å². The van der Waals surface area contributed by atoms with Crippen LogP contribution in [0.3, 0.4) is 0 Å². The molecule has 4 rings (SSSR count). The van der Waals surface area contributed by atoms with Crippen molar-refractivity contribution in [3.05, 3.63) is 111 Å². The lowest BCUT2D eigenvalue weighted by Gasteiger charge is -2.15. The Morgan fingerprint density at radius 3 is 2.46 bits per heavy atom. The Morgan fingerprint density at radius 1 is 0.964 bits per heavy atom. The lowest BCUT2D eigenvalue weighted by atomic mass is 10.1. The van der Waals surface area contributed by atoms with Crippen LogP contribution in [-0.4, -0.2) is 20.3 Å². The van der Waals surface area contributed by atoms with E-state index in [4.69, 9.17) is 0 Å². The quantitative estimate of drug-likeness (QED) is 0.564. The number of aromatic nitrogens is 2. The van der Waals surface area contributed by atoms with Crippen molar-refractivity contribution in [1.82, 2.24) is 9.66 Å². The summed E-state index contributed by atoms with van der Waals surface area (Å²) in [6.45, 7) is 0. The Labute approximate surface area is 160 Å². The summed E-state index contributed by atoms with van der Waals surface area (Å²) in [6, 6.07) is 16.3. The topological polar surface area (TPSA) is 96.0 Å². The van der Waals surface area contributed by atoms with E-state index < -0.39 is 4.90 Å². The number of nitrogens with one attached hydrogen (secondary N) is 1. The molecule has 1 aliphatic rings. The van der Waals surface area contributed by atoms with Gasteiger partial charge >= 0.3 is 0 Å². The number of fused-ring (bicyclic) bond motifs is 1. The SMILES string of the molecule is O=c1c2ccccc2nc(-c2ccccc2)n1NC=C1C=CC=CC1=[N+]([O-])[O-]. The molecule has 0 saturated heterocycles. The van der Waals surface area contributed by atoms with Gasteiger partial charge in [0.2, 0.25) is 5.71 Å². The molecule has 7 nitrogen and oxygen atoms in total. The summed E-state index contributed by atoms with van der Waals surface area (Å²) in [5.41, 5.74) is 4.22. The molecule has 1 aromatic heterocycles. The van der Waals surface area contributed by atoms with Crippen LogP contribution in [0.15, 0.2) is 95.5 Å². The normalized spacial score (nSPS) is 14.6. The molecule has 0 aliphatic heterocycles. The zero-order chi connectivity index (χ0) is 19.5. The molecule has 1 N–H and O–H groups in total. The van der Waals surface area contributed by atoms with E-state index in [-0.39, 0.29) is 11.3 Å². The Kier molecular flexibility index (Phi) is 4.47. The summed E-state index contributed by atoms with van der Waals surface area (Å²) in [5.74, 6) is 0.416. The van der Waals surface area contributed by atoms with E-state index in [9.17, 15) is 15.2 Å². The first-order chi connectivity index (χ1) is 13.6. The maximum Gasteiger partial charge on any atom is 0.280 e. The summed E-state index contributed by atoms with van der Waals surface area (Å²) in [5, 5.41) is 22.9. The lowest BCUT2D eigenvalue weighted by Crippen LogP contribution is -2.29. The summed E-state index contributed by atoms with van der Waals surface area (Å²) >= 11 is 0. The summed E-state index contributed by atoms with van der Waals surface area (Å²) < 4.78 is 1.30. The predicted molar refractivity (Wildman–Crippen MR) is 109 cm³/mol. The highest BCUT2D eigenvalue weighted by Crippen LogP contribution is 2.18. The van der Waals surface area contributed by atoms with Crippen LogP contribution in [0.5, 0.6) is 0 Å². The van der Waals surface area contributed by atoms with Crippen molar-refractivity contribution >= 4 is 16.6 Å². The molecule has 0 bridgehead atoms. The third-order valence-corrected chi connectivity index (χ3v) is 4.29. The van der Waals surface area contributed by atoms with E-state index in [0.717, 1.165) is 5.56 Å². The third-order valence-electron chi connectivity index (χ3n) is 4.29. The van der Waals surface area contributed by atoms with Crippen molar-refractivity contribution in [2.24, 2.45) is 0 Å². The maximum atomic E-state index is 13.1. The second-order valence-corrected chi connectivity index (χ2v) is 6.05. The molecule has 0 radical (unpaired) electrons. The predicted octanol–water partition coefficient (Wildman–Crippen LogP) is 3.07. The lowest BCUT2D eigenvalue weighted by molar-refractivity contribution is -0.377. The molecule has 2 aromatic carbocycles. The van der Waals surface area contributed by atoms with E-state index in [0.29, 0.717) is 22.3 Å². The zero-order valence-electron chi connectivity index (χ0n) is 14.6. The van der Waals surface area contributed by atoms with Crippen LogP contribution in [0.25, 0.3) is 22.3 Å². The minimum absolute atomic E-state index is 0.0574. The molecule has 0 saturated carbocycles. The van der Waals surface area contributed by atoms with Crippen molar-refractivity contribution in [2.45, 2.75) is 0 Å². The Hall–Kier alpha value is -4.13. The van der Waals surface area contributed by atoms with Gasteiger partial charge in [-0.1, -0.05) is 54.6 Å². The number of hydrogen-bond donors (Lipinski definition) is 1. The van der Waals surface area contributed by atoms with Crippen LogP contribution in [0.2, 0.25) is 0 Å². The zero-order valence-corrected chi connectivity index (χ0v) is 14.6. The number of para-hydroxylation sites is 1.